The van der Waals surface area contributed by atoms with E-state index >= 15 is 0 Å². The van der Waals surface area contributed by atoms with E-state index in [9.17, 15) is 23.4 Å². The molecule has 0 aromatic rings. The largest absolute Gasteiger partial charge is 0.504 e. The van der Waals surface area contributed by atoms with Crippen LogP contribution in [0.2, 0.25) is 0 Å². The molecule has 0 amide bonds. The van der Waals surface area contributed by atoms with Crippen LogP contribution in [0.5, 0.6) is 0 Å². The maximum absolute atomic E-state index is 12.1. The zero-order valence-corrected chi connectivity index (χ0v) is 13.6. The van der Waals surface area contributed by atoms with Crippen molar-refractivity contribution in [3.8, 4) is 0 Å². The number of hydrogen-bond acceptors (Lipinski definition) is 5. The fraction of sp³-hybridized carbons (Fsp3) is 0.714. The molecule has 8 heteroatoms. The molecule has 0 aromatic heterocycles. The van der Waals surface area contributed by atoms with Gasteiger partial charge in [0.25, 0.3) is 0 Å². The van der Waals surface area contributed by atoms with E-state index in [-0.39, 0.29) is 48.1 Å². The van der Waals surface area contributed by atoms with Crippen molar-refractivity contribution in [1.82, 2.24) is 5.32 Å². The standard InChI is InChI=1S/C14H22F3NO3S/c1-9-10(5-6-11(19)12(9)21-3)18-13(2,20)7-4-8-22-14(15,16)17/h5-6,9-10,18-20H,4,7-8H2,1-3H3. The Morgan fingerprint density at radius 2 is 2.05 bits per heavy atom. The van der Waals surface area contributed by atoms with Crippen LogP contribution in [0.3, 0.4) is 0 Å². The van der Waals surface area contributed by atoms with Gasteiger partial charge >= 0.3 is 5.51 Å². The minimum Gasteiger partial charge on any atom is -0.504 e. The Balaban J connectivity index is 2.50. The van der Waals surface area contributed by atoms with E-state index in [2.05, 4.69) is 5.32 Å². The Kier molecular flexibility index (Phi) is 6.64. The maximum Gasteiger partial charge on any atom is 0.441 e. The molecule has 22 heavy (non-hydrogen) atoms. The molecule has 0 fully saturated rings. The maximum atomic E-state index is 12.1. The van der Waals surface area contributed by atoms with Crippen LogP contribution in [0.15, 0.2) is 23.7 Å². The van der Waals surface area contributed by atoms with Crippen molar-refractivity contribution in [1.29, 1.82) is 0 Å². The van der Waals surface area contributed by atoms with Crippen molar-refractivity contribution in [3.05, 3.63) is 23.7 Å². The molecule has 0 saturated heterocycles. The normalized spacial score (nSPS) is 25.2. The summed E-state index contributed by atoms with van der Waals surface area (Å²) in [5.41, 5.74) is -5.54. The number of rotatable bonds is 7. The molecule has 0 aromatic carbocycles. The predicted molar refractivity (Wildman–Crippen MR) is 80.3 cm³/mol. The molecular weight excluding hydrogens is 319 g/mol. The summed E-state index contributed by atoms with van der Waals surface area (Å²) in [4.78, 5) is 0. The Hall–Kier alpha value is -0.860. The molecule has 0 radical (unpaired) electrons. The summed E-state index contributed by atoms with van der Waals surface area (Å²) in [6.45, 7) is 3.35. The lowest BCUT2D eigenvalue weighted by molar-refractivity contribution is -0.0332. The molecule has 0 spiro atoms. The zero-order chi connectivity index (χ0) is 17.0. The number of aliphatic hydroxyl groups is 2. The van der Waals surface area contributed by atoms with Gasteiger partial charge in [-0.1, -0.05) is 24.8 Å². The van der Waals surface area contributed by atoms with Crippen molar-refractivity contribution in [2.45, 2.75) is 44.0 Å². The lowest BCUT2D eigenvalue weighted by atomic mass is 9.92. The molecule has 3 N–H and O–H groups in total. The second-order valence-electron chi connectivity index (χ2n) is 5.44. The highest BCUT2D eigenvalue weighted by Crippen LogP contribution is 2.31. The minimum atomic E-state index is -4.24. The highest BCUT2D eigenvalue weighted by Gasteiger charge is 2.32. The van der Waals surface area contributed by atoms with Gasteiger partial charge in [-0.05, 0) is 25.8 Å². The van der Waals surface area contributed by atoms with Crippen LogP contribution in [0.4, 0.5) is 13.2 Å². The first-order valence-electron chi connectivity index (χ1n) is 6.92. The summed E-state index contributed by atoms with van der Waals surface area (Å²) >= 11 is -0.0882. The number of methoxy groups -OCH3 is 1. The van der Waals surface area contributed by atoms with Crippen molar-refractivity contribution < 1.29 is 28.1 Å². The molecule has 4 nitrogen and oxygen atoms in total. The van der Waals surface area contributed by atoms with Crippen LogP contribution in [0, 0.1) is 5.92 Å². The third-order valence-electron chi connectivity index (χ3n) is 3.44. The average molecular weight is 341 g/mol. The van der Waals surface area contributed by atoms with Gasteiger partial charge in [0.15, 0.2) is 5.76 Å². The topological polar surface area (TPSA) is 61.7 Å². The summed E-state index contributed by atoms with van der Waals surface area (Å²) < 4.78 is 41.3. The van der Waals surface area contributed by atoms with Gasteiger partial charge in [0.1, 0.15) is 11.5 Å². The van der Waals surface area contributed by atoms with E-state index in [1.807, 2.05) is 6.92 Å². The summed E-state index contributed by atoms with van der Waals surface area (Å²) in [7, 11) is 1.45. The number of aliphatic hydroxyl groups excluding tert-OH is 1. The van der Waals surface area contributed by atoms with Crippen LogP contribution in [-0.4, -0.2) is 40.4 Å². The predicted octanol–water partition coefficient (Wildman–Crippen LogP) is 3.31. The van der Waals surface area contributed by atoms with Gasteiger partial charge in [-0.25, -0.2) is 0 Å². The second-order valence-corrected chi connectivity index (χ2v) is 6.60. The number of hydrogen-bond donors (Lipinski definition) is 3. The van der Waals surface area contributed by atoms with Crippen LogP contribution < -0.4 is 5.32 Å². The van der Waals surface area contributed by atoms with Crippen LogP contribution >= 0.6 is 11.8 Å². The van der Waals surface area contributed by atoms with Gasteiger partial charge in [0.05, 0.1) is 7.11 Å². The number of nitrogens with one attached hydrogen (secondary N) is 1. The van der Waals surface area contributed by atoms with Crippen LogP contribution in [0.1, 0.15) is 26.7 Å². The van der Waals surface area contributed by atoms with Gasteiger partial charge in [0, 0.05) is 17.7 Å². The Morgan fingerprint density at radius 1 is 1.41 bits per heavy atom. The van der Waals surface area contributed by atoms with E-state index in [0.717, 1.165) is 0 Å². The highest BCUT2D eigenvalue weighted by atomic mass is 32.2. The van der Waals surface area contributed by atoms with Gasteiger partial charge in [0.2, 0.25) is 0 Å². The van der Waals surface area contributed by atoms with E-state index < -0.39 is 11.2 Å². The van der Waals surface area contributed by atoms with Crippen molar-refractivity contribution in [2.75, 3.05) is 12.9 Å². The highest BCUT2D eigenvalue weighted by molar-refractivity contribution is 8.00. The van der Waals surface area contributed by atoms with E-state index in [4.69, 9.17) is 4.74 Å². The van der Waals surface area contributed by atoms with Gasteiger partial charge < -0.3 is 14.9 Å². The fourth-order valence-corrected chi connectivity index (χ4v) is 2.86. The third kappa shape index (κ3) is 6.10. The molecular formula is C14H22F3NO3S. The summed E-state index contributed by atoms with van der Waals surface area (Å²) in [5.74, 6) is 0.144. The molecule has 1 rings (SSSR count). The quantitative estimate of drug-likeness (QED) is 0.490. The summed E-state index contributed by atoms with van der Waals surface area (Å²) in [5, 5.41) is 22.9. The van der Waals surface area contributed by atoms with E-state index in [1.165, 1.54) is 20.1 Å². The number of allylic oxidation sites excluding steroid dienone is 1. The number of halogens is 3. The first-order valence-corrected chi connectivity index (χ1v) is 7.90. The molecule has 3 atom stereocenters. The Labute approximate surface area is 132 Å². The molecule has 0 aliphatic heterocycles. The van der Waals surface area contributed by atoms with Gasteiger partial charge in [-0.3, -0.25) is 5.32 Å². The number of alkyl halides is 3. The fourth-order valence-electron chi connectivity index (χ4n) is 2.34. The second kappa shape index (κ2) is 7.61. The monoisotopic (exact) mass is 341 g/mol. The molecule has 1 aliphatic rings. The average Bonchev–Trinajstić information content (AvgIpc) is 2.38. The Morgan fingerprint density at radius 3 is 2.59 bits per heavy atom. The number of thioether (sulfide) groups is 1. The van der Waals surface area contributed by atoms with Crippen molar-refractivity contribution in [2.24, 2.45) is 5.92 Å². The minimum absolute atomic E-state index is 0.0364. The first-order chi connectivity index (χ1) is 10.1. The van der Waals surface area contributed by atoms with E-state index in [1.54, 1.807) is 6.08 Å². The van der Waals surface area contributed by atoms with Gasteiger partial charge in [-0.2, -0.15) is 13.2 Å². The zero-order valence-electron chi connectivity index (χ0n) is 12.8. The molecule has 0 bridgehead atoms. The Bertz CT molecular complexity index is 436. The number of ether oxygens (including phenoxy) is 1. The first kappa shape index (κ1) is 19.2. The smallest absolute Gasteiger partial charge is 0.441 e. The summed E-state index contributed by atoms with van der Waals surface area (Å²) in [6, 6.07) is -0.281. The SMILES string of the molecule is COC1=C(O)C=CC(NC(C)(O)CCCSC(F)(F)F)C1C. The van der Waals surface area contributed by atoms with E-state index in [0.29, 0.717) is 5.76 Å². The third-order valence-corrected chi connectivity index (χ3v) is 4.26. The van der Waals surface area contributed by atoms with Crippen molar-refractivity contribution in [3.63, 3.8) is 0 Å². The lowest BCUT2D eigenvalue weighted by Gasteiger charge is -2.34. The lowest BCUT2D eigenvalue weighted by Crippen LogP contribution is -2.50. The molecule has 0 saturated carbocycles. The molecule has 128 valence electrons. The van der Waals surface area contributed by atoms with Crippen LogP contribution in [-0.2, 0) is 4.74 Å². The van der Waals surface area contributed by atoms with Crippen molar-refractivity contribution >= 4 is 11.8 Å². The molecule has 0 heterocycles. The van der Waals surface area contributed by atoms with Gasteiger partial charge in [-0.15, -0.1) is 0 Å². The molecule has 1 aliphatic carbocycles. The van der Waals surface area contributed by atoms with Crippen LogP contribution in [0.25, 0.3) is 0 Å². The summed E-state index contributed by atoms with van der Waals surface area (Å²) in [6.07, 6.45) is 3.59. The molecule has 3 unspecified atom stereocenters.